The largest absolute Gasteiger partial charge is 0.136 e. The molecule has 7 heteroatoms. The van der Waals surface area contributed by atoms with Gasteiger partial charge in [0, 0.05) is 4.20 Å². The average Bonchev–Trinajstić information content (AvgIpc) is 2.23. The van der Waals surface area contributed by atoms with Crippen LogP contribution in [0.4, 0.5) is 0 Å². The standard InChI is InChI=1S/C9H5Cl5S2/c10-5-3(1-2-4(15)16)6(11)8(13)9(14)7(5)12/h1-2H2,(H,15,16). The van der Waals surface area contributed by atoms with Crippen molar-refractivity contribution in [3.05, 3.63) is 30.7 Å². The van der Waals surface area contributed by atoms with Crippen LogP contribution >= 0.6 is 82.9 Å². The van der Waals surface area contributed by atoms with Crippen LogP contribution in [0.2, 0.25) is 25.1 Å². The van der Waals surface area contributed by atoms with Gasteiger partial charge in [0.25, 0.3) is 0 Å². The smallest absolute Gasteiger partial charge is 0.0809 e. The summed E-state index contributed by atoms with van der Waals surface area (Å²) in [5, 5.41) is 1.20. The van der Waals surface area contributed by atoms with Crippen molar-refractivity contribution in [3.63, 3.8) is 0 Å². The monoisotopic (exact) mass is 352 g/mol. The summed E-state index contributed by atoms with van der Waals surface area (Å²) < 4.78 is 0.564. The number of hydrogen-bond donors (Lipinski definition) is 1. The van der Waals surface area contributed by atoms with E-state index in [1.54, 1.807) is 0 Å². The molecule has 0 aromatic heterocycles. The van der Waals surface area contributed by atoms with Gasteiger partial charge in [-0.2, -0.15) is 0 Å². The molecule has 88 valence electrons. The van der Waals surface area contributed by atoms with E-state index in [2.05, 4.69) is 12.6 Å². The van der Waals surface area contributed by atoms with Gasteiger partial charge < -0.3 is 0 Å². The van der Waals surface area contributed by atoms with Crippen molar-refractivity contribution in [1.29, 1.82) is 0 Å². The molecule has 0 nitrogen and oxygen atoms in total. The highest BCUT2D eigenvalue weighted by molar-refractivity contribution is 8.11. The van der Waals surface area contributed by atoms with E-state index in [-0.39, 0.29) is 15.1 Å². The van der Waals surface area contributed by atoms with E-state index < -0.39 is 0 Å². The molecule has 0 aliphatic heterocycles. The molecule has 0 amide bonds. The maximum Gasteiger partial charge on any atom is 0.0809 e. The lowest BCUT2D eigenvalue weighted by molar-refractivity contribution is 1.06. The Balaban J connectivity index is 3.23. The minimum Gasteiger partial charge on any atom is -0.136 e. The second-order valence-corrected chi connectivity index (χ2v) is 6.17. The summed E-state index contributed by atoms with van der Waals surface area (Å²) in [7, 11) is 0. The molecule has 0 aliphatic rings. The van der Waals surface area contributed by atoms with E-state index in [1.807, 2.05) is 0 Å². The van der Waals surface area contributed by atoms with Crippen LogP contribution in [0.15, 0.2) is 0 Å². The molecule has 0 spiro atoms. The Morgan fingerprint density at radius 1 is 0.875 bits per heavy atom. The Bertz CT molecular complexity index is 415. The summed E-state index contributed by atoms with van der Waals surface area (Å²) in [6.07, 6.45) is 1.09. The molecule has 0 bridgehead atoms. The van der Waals surface area contributed by atoms with Gasteiger partial charge in [0.1, 0.15) is 0 Å². The Kier molecular flexibility index (Phi) is 6.00. The van der Waals surface area contributed by atoms with Crippen molar-refractivity contribution in [3.8, 4) is 0 Å². The van der Waals surface area contributed by atoms with Gasteiger partial charge in [-0.15, -0.1) is 12.6 Å². The average molecular weight is 355 g/mol. The Hall–Kier alpha value is 1.11. The van der Waals surface area contributed by atoms with E-state index in [0.29, 0.717) is 32.6 Å². The fourth-order valence-electron chi connectivity index (χ4n) is 1.10. The maximum atomic E-state index is 6.03. The van der Waals surface area contributed by atoms with E-state index in [9.17, 15) is 0 Å². The van der Waals surface area contributed by atoms with Gasteiger partial charge >= 0.3 is 0 Å². The molecule has 0 fully saturated rings. The van der Waals surface area contributed by atoms with Gasteiger partial charge in [-0.25, -0.2) is 0 Å². The van der Waals surface area contributed by atoms with Gasteiger partial charge in [0.15, 0.2) is 0 Å². The lowest BCUT2D eigenvalue weighted by Gasteiger charge is -2.11. The van der Waals surface area contributed by atoms with E-state index >= 15 is 0 Å². The molecular formula is C9H5Cl5S2. The van der Waals surface area contributed by atoms with E-state index in [4.69, 9.17) is 70.2 Å². The first-order valence-electron chi connectivity index (χ1n) is 4.08. The van der Waals surface area contributed by atoms with Crippen LogP contribution in [-0.4, -0.2) is 4.20 Å². The minimum atomic E-state index is 0.163. The molecule has 0 saturated heterocycles. The first-order chi connectivity index (χ1) is 7.36. The van der Waals surface area contributed by atoms with Crippen LogP contribution in [-0.2, 0) is 6.42 Å². The number of thiocarbonyl (C=S) groups is 1. The number of hydrogen-bond acceptors (Lipinski definition) is 1. The van der Waals surface area contributed by atoms with Crippen LogP contribution in [0.3, 0.4) is 0 Å². The molecule has 0 heterocycles. The van der Waals surface area contributed by atoms with Crippen LogP contribution in [0.1, 0.15) is 12.0 Å². The number of halogens is 5. The van der Waals surface area contributed by atoms with Crippen LogP contribution in [0.5, 0.6) is 0 Å². The summed E-state index contributed by atoms with van der Waals surface area (Å²) >= 11 is 38.6. The van der Waals surface area contributed by atoms with Crippen molar-refractivity contribution in [1.82, 2.24) is 0 Å². The zero-order valence-electron chi connectivity index (χ0n) is 7.66. The molecular weight excluding hydrogens is 349 g/mol. The van der Waals surface area contributed by atoms with Crippen molar-refractivity contribution < 1.29 is 0 Å². The molecule has 0 aliphatic carbocycles. The number of benzene rings is 1. The molecule has 0 saturated carbocycles. The maximum absolute atomic E-state index is 6.03. The lowest BCUT2D eigenvalue weighted by atomic mass is 10.1. The zero-order valence-corrected chi connectivity index (χ0v) is 13.2. The van der Waals surface area contributed by atoms with E-state index in [0.717, 1.165) is 0 Å². The predicted molar refractivity (Wildman–Crippen MR) is 81.4 cm³/mol. The molecule has 0 atom stereocenters. The quantitative estimate of drug-likeness (QED) is 0.294. The number of thiol groups is 1. The van der Waals surface area contributed by atoms with Gasteiger partial charge in [-0.1, -0.05) is 70.2 Å². The van der Waals surface area contributed by atoms with Crippen LogP contribution < -0.4 is 0 Å². The molecule has 0 unspecified atom stereocenters. The second-order valence-electron chi connectivity index (χ2n) is 2.94. The molecule has 1 aromatic rings. The Morgan fingerprint density at radius 3 is 1.62 bits per heavy atom. The van der Waals surface area contributed by atoms with Gasteiger partial charge in [0.2, 0.25) is 0 Å². The van der Waals surface area contributed by atoms with E-state index in [1.165, 1.54) is 0 Å². The summed E-state index contributed by atoms with van der Waals surface area (Å²) in [5.41, 5.74) is 0.638. The fraction of sp³-hybridized carbons (Fsp3) is 0.222. The third kappa shape index (κ3) is 3.32. The third-order valence-corrected chi connectivity index (χ3v) is 4.67. The Morgan fingerprint density at radius 2 is 1.25 bits per heavy atom. The van der Waals surface area contributed by atoms with Crippen LogP contribution in [0, 0.1) is 0 Å². The highest BCUT2D eigenvalue weighted by Gasteiger charge is 2.18. The Labute approximate surface area is 130 Å². The second kappa shape index (κ2) is 6.33. The van der Waals surface area contributed by atoms with Crippen molar-refractivity contribution >= 4 is 87.0 Å². The minimum absolute atomic E-state index is 0.163. The molecule has 16 heavy (non-hydrogen) atoms. The van der Waals surface area contributed by atoms with Crippen molar-refractivity contribution in [2.24, 2.45) is 0 Å². The van der Waals surface area contributed by atoms with Gasteiger partial charge in [0.05, 0.1) is 25.1 Å². The third-order valence-electron chi connectivity index (χ3n) is 1.89. The summed E-state index contributed by atoms with van der Waals surface area (Å²) in [6.45, 7) is 0. The van der Waals surface area contributed by atoms with Crippen molar-refractivity contribution in [2.45, 2.75) is 12.8 Å². The lowest BCUT2D eigenvalue weighted by Crippen LogP contribution is -1.94. The molecule has 1 aromatic carbocycles. The summed E-state index contributed by atoms with van der Waals surface area (Å²) in [6, 6.07) is 0. The SMILES string of the molecule is S=C(S)CCc1c(Cl)c(Cl)c(Cl)c(Cl)c1Cl. The van der Waals surface area contributed by atoms with Crippen molar-refractivity contribution in [2.75, 3.05) is 0 Å². The molecule has 0 radical (unpaired) electrons. The first kappa shape index (κ1) is 15.2. The van der Waals surface area contributed by atoms with Gasteiger partial charge in [-0.05, 0) is 18.4 Å². The first-order valence-corrected chi connectivity index (χ1v) is 6.83. The molecule has 0 N–H and O–H groups in total. The fourth-order valence-corrected chi connectivity index (χ4v) is 2.68. The highest BCUT2D eigenvalue weighted by Crippen LogP contribution is 2.44. The van der Waals surface area contributed by atoms with Crippen LogP contribution in [0.25, 0.3) is 0 Å². The summed E-state index contributed by atoms with van der Waals surface area (Å²) in [4.78, 5) is 0. The normalized spacial score (nSPS) is 10.6. The predicted octanol–water partition coefficient (Wildman–Crippen LogP) is 6.14. The van der Waals surface area contributed by atoms with Gasteiger partial charge in [-0.3, -0.25) is 0 Å². The zero-order chi connectivity index (χ0) is 12.5. The highest BCUT2D eigenvalue weighted by atomic mass is 35.5. The number of rotatable bonds is 3. The summed E-state index contributed by atoms with van der Waals surface area (Å²) in [5.74, 6) is 0. The topological polar surface area (TPSA) is 0 Å². The molecule has 1 rings (SSSR count).